The molecule has 1 fully saturated rings. The van der Waals surface area contributed by atoms with E-state index in [2.05, 4.69) is 16.0 Å². The van der Waals surface area contributed by atoms with Crippen LogP contribution in [0.4, 0.5) is 4.79 Å². The first-order chi connectivity index (χ1) is 21.8. The summed E-state index contributed by atoms with van der Waals surface area (Å²) in [5.41, 5.74) is 2.33. The molecule has 45 heavy (non-hydrogen) atoms. The van der Waals surface area contributed by atoms with E-state index in [9.17, 15) is 19.5 Å². The summed E-state index contributed by atoms with van der Waals surface area (Å²) in [6.45, 7) is 3.71. The number of amides is 4. The molecule has 3 aromatic carbocycles. The van der Waals surface area contributed by atoms with Crippen LogP contribution in [0.3, 0.4) is 0 Å². The Morgan fingerprint density at radius 3 is 2.71 bits per heavy atom. The van der Waals surface area contributed by atoms with Gasteiger partial charge in [0.1, 0.15) is 29.6 Å². The predicted octanol–water partition coefficient (Wildman–Crippen LogP) is 3.36. The van der Waals surface area contributed by atoms with Gasteiger partial charge in [-0.2, -0.15) is 0 Å². The summed E-state index contributed by atoms with van der Waals surface area (Å²) in [5.74, 6) is 0.853. The molecule has 2 aliphatic rings. The minimum Gasteiger partial charge on any atom is -0.508 e. The zero-order chi connectivity index (χ0) is 31.8. The van der Waals surface area contributed by atoms with Gasteiger partial charge in [-0.3, -0.25) is 9.59 Å². The van der Waals surface area contributed by atoms with Crippen LogP contribution in [0.1, 0.15) is 38.3 Å². The third kappa shape index (κ3) is 8.43. The second kappa shape index (κ2) is 14.8. The molecular weight excluding hydrogens is 580 g/mol. The first-order valence-corrected chi connectivity index (χ1v) is 14.9. The Balaban J connectivity index is 1.37. The van der Waals surface area contributed by atoms with Crippen LogP contribution >= 0.6 is 0 Å². The number of piperidine rings is 1. The van der Waals surface area contributed by atoms with Crippen molar-refractivity contribution in [2.75, 3.05) is 46.5 Å². The molecule has 12 nitrogen and oxygen atoms in total. The zero-order valence-corrected chi connectivity index (χ0v) is 25.3. The Morgan fingerprint density at radius 2 is 1.87 bits per heavy atom. The van der Waals surface area contributed by atoms with Gasteiger partial charge in [-0.1, -0.05) is 18.2 Å². The van der Waals surface area contributed by atoms with Crippen LogP contribution in [0.5, 0.6) is 23.0 Å². The summed E-state index contributed by atoms with van der Waals surface area (Å²) >= 11 is 0. The smallest absolute Gasteiger partial charge is 0.315 e. The van der Waals surface area contributed by atoms with Gasteiger partial charge in [-0.05, 0) is 60.9 Å². The Morgan fingerprint density at radius 1 is 1.02 bits per heavy atom. The topological polar surface area (TPSA) is 148 Å². The zero-order valence-electron chi connectivity index (χ0n) is 25.3. The van der Waals surface area contributed by atoms with Crippen molar-refractivity contribution in [3.63, 3.8) is 0 Å². The minimum absolute atomic E-state index is 0.0181. The quantitative estimate of drug-likeness (QED) is 0.319. The van der Waals surface area contributed by atoms with Crippen molar-refractivity contribution in [1.29, 1.82) is 0 Å². The average molecular weight is 619 g/mol. The van der Waals surface area contributed by atoms with Crippen LogP contribution in [-0.4, -0.2) is 86.5 Å². The maximum Gasteiger partial charge on any atom is 0.315 e. The first kappa shape index (κ1) is 31.6. The van der Waals surface area contributed by atoms with Crippen molar-refractivity contribution in [3.8, 4) is 23.0 Å². The van der Waals surface area contributed by atoms with Crippen molar-refractivity contribution in [1.82, 2.24) is 20.9 Å². The number of nitrogens with one attached hydrogen (secondary N) is 3. The van der Waals surface area contributed by atoms with E-state index in [4.69, 9.17) is 18.9 Å². The highest BCUT2D eigenvalue weighted by atomic mass is 16.5. The fourth-order valence-electron chi connectivity index (χ4n) is 5.25. The largest absolute Gasteiger partial charge is 0.508 e. The number of aromatic hydroxyl groups is 1. The van der Waals surface area contributed by atoms with E-state index in [1.165, 1.54) is 6.07 Å². The molecule has 1 saturated heterocycles. The molecular formula is C33H38N4O8. The Labute approximate surface area is 261 Å². The lowest BCUT2D eigenvalue weighted by molar-refractivity contribution is -0.0235. The highest BCUT2D eigenvalue weighted by Crippen LogP contribution is 2.29. The molecule has 0 aliphatic carbocycles. The summed E-state index contributed by atoms with van der Waals surface area (Å²) in [4.78, 5) is 41.0. The van der Waals surface area contributed by atoms with Crippen molar-refractivity contribution in [3.05, 3.63) is 82.9 Å². The predicted molar refractivity (Wildman–Crippen MR) is 165 cm³/mol. The van der Waals surface area contributed by atoms with Crippen molar-refractivity contribution >= 4 is 17.8 Å². The molecule has 0 spiro atoms. The van der Waals surface area contributed by atoms with Gasteiger partial charge in [0.2, 0.25) is 0 Å². The number of phenolic OH excluding ortho intramolecular Hbond substituents is 1. The Bertz CT molecular complexity index is 1530. The summed E-state index contributed by atoms with van der Waals surface area (Å²) in [6, 6.07) is 16.3. The van der Waals surface area contributed by atoms with Crippen LogP contribution in [0, 0.1) is 6.92 Å². The molecule has 2 heterocycles. The number of hydrogen-bond donors (Lipinski definition) is 4. The van der Waals surface area contributed by atoms with Crippen LogP contribution < -0.4 is 25.4 Å². The number of carbonyl (C=O) groups is 3. The van der Waals surface area contributed by atoms with Crippen LogP contribution in [0.15, 0.2) is 60.7 Å². The molecule has 12 heteroatoms. The SMILES string of the molecule is COCCOc1cc2cc(c1)C(=O)NCCNC(=O)N[C@H]1CCN(C(=O)c3cc(O)ccc3C)C[C@@H]1OCc1cccc(c1)O2. The standard InChI is InChI=1S/C33H38N4O8/c1-21-6-7-24(38)17-28(21)32(40)37-11-8-29-30(19-37)44-20-22-4-3-5-25(14-22)45-27-16-23(15-26(18-27)43-13-12-42-2)31(39)34-9-10-35-33(41)36-29/h3-7,14-18,29-30,38H,8-13,19-20H2,1-2H3,(H,34,39)(H2,35,36,41)/t29-,30-/m0/s1. The fraction of sp³-hybridized carbons (Fsp3) is 0.364. The number of likely N-dealkylation sites (tertiary alicyclic amines) is 1. The van der Waals surface area contributed by atoms with Crippen molar-refractivity contribution in [2.45, 2.75) is 32.1 Å². The first-order valence-electron chi connectivity index (χ1n) is 14.9. The maximum atomic E-state index is 13.4. The van der Waals surface area contributed by atoms with E-state index in [-0.39, 0.29) is 49.8 Å². The number of fused-ring (bicyclic) bond motifs is 5. The number of hydrogen-bond acceptors (Lipinski definition) is 8. The number of nitrogens with zero attached hydrogens (tertiary/aromatic N) is 1. The van der Waals surface area contributed by atoms with Gasteiger partial charge in [0.05, 0.1) is 25.4 Å². The number of methoxy groups -OCH3 is 1. The molecule has 4 bridgehead atoms. The third-order valence-electron chi connectivity index (χ3n) is 7.61. The van der Waals surface area contributed by atoms with Gasteiger partial charge in [0, 0.05) is 50.5 Å². The molecule has 0 radical (unpaired) electrons. The monoisotopic (exact) mass is 618 g/mol. The second-order valence-corrected chi connectivity index (χ2v) is 10.9. The lowest BCUT2D eigenvalue weighted by Crippen LogP contribution is -2.58. The molecule has 4 amide bonds. The number of ether oxygens (including phenoxy) is 4. The van der Waals surface area contributed by atoms with Gasteiger partial charge in [-0.15, -0.1) is 0 Å². The van der Waals surface area contributed by atoms with Gasteiger partial charge in [0.25, 0.3) is 11.8 Å². The lowest BCUT2D eigenvalue weighted by Gasteiger charge is -2.39. The Hall–Kier alpha value is -4.81. The molecule has 0 saturated carbocycles. The van der Waals surface area contributed by atoms with Gasteiger partial charge >= 0.3 is 6.03 Å². The molecule has 3 aromatic rings. The molecule has 2 aliphatic heterocycles. The third-order valence-corrected chi connectivity index (χ3v) is 7.61. The minimum atomic E-state index is -0.516. The van der Waals surface area contributed by atoms with Crippen LogP contribution in [0.25, 0.3) is 0 Å². The molecule has 0 aromatic heterocycles. The summed E-state index contributed by atoms with van der Waals surface area (Å²) in [5, 5.41) is 18.5. The average Bonchev–Trinajstić information content (AvgIpc) is 3.03. The maximum absolute atomic E-state index is 13.4. The fourth-order valence-corrected chi connectivity index (χ4v) is 5.25. The van der Waals surface area contributed by atoms with E-state index >= 15 is 0 Å². The van der Waals surface area contributed by atoms with E-state index in [1.54, 1.807) is 48.4 Å². The van der Waals surface area contributed by atoms with Crippen molar-refractivity contribution in [2.24, 2.45) is 0 Å². The molecule has 2 atom stereocenters. The van der Waals surface area contributed by atoms with E-state index in [0.29, 0.717) is 54.6 Å². The second-order valence-electron chi connectivity index (χ2n) is 10.9. The summed E-state index contributed by atoms with van der Waals surface area (Å²) < 4.78 is 23.3. The Kier molecular flexibility index (Phi) is 10.4. The summed E-state index contributed by atoms with van der Waals surface area (Å²) in [6.07, 6.45) is -0.0527. The number of phenols is 1. The van der Waals surface area contributed by atoms with E-state index in [0.717, 1.165) is 11.1 Å². The summed E-state index contributed by atoms with van der Waals surface area (Å²) in [7, 11) is 1.58. The number of urea groups is 1. The normalized spacial score (nSPS) is 19.0. The van der Waals surface area contributed by atoms with E-state index in [1.807, 2.05) is 25.1 Å². The van der Waals surface area contributed by atoms with Crippen LogP contribution in [-0.2, 0) is 16.1 Å². The molecule has 0 unspecified atom stereocenters. The highest BCUT2D eigenvalue weighted by Gasteiger charge is 2.34. The lowest BCUT2D eigenvalue weighted by atomic mass is 9.99. The molecule has 5 rings (SSSR count). The number of rotatable bonds is 5. The van der Waals surface area contributed by atoms with Crippen molar-refractivity contribution < 1.29 is 38.4 Å². The highest BCUT2D eigenvalue weighted by molar-refractivity contribution is 5.96. The van der Waals surface area contributed by atoms with Crippen LogP contribution in [0.2, 0.25) is 0 Å². The van der Waals surface area contributed by atoms with Gasteiger partial charge in [-0.25, -0.2) is 4.79 Å². The number of benzene rings is 3. The molecule has 238 valence electrons. The molecule has 4 N–H and O–H groups in total. The van der Waals surface area contributed by atoms with Gasteiger partial charge < -0.3 is 44.9 Å². The number of carbonyl (C=O) groups excluding carboxylic acids is 3. The van der Waals surface area contributed by atoms with Gasteiger partial charge in [0.15, 0.2) is 0 Å². The van der Waals surface area contributed by atoms with E-state index < -0.39 is 12.1 Å². The number of aryl methyl sites for hydroxylation is 1.